The van der Waals surface area contributed by atoms with Gasteiger partial charge in [-0.3, -0.25) is 5.41 Å². The van der Waals surface area contributed by atoms with Gasteiger partial charge in [-0.1, -0.05) is 6.42 Å². The Labute approximate surface area is 108 Å². The fourth-order valence-corrected chi connectivity index (χ4v) is 3.96. The lowest BCUT2D eigenvalue weighted by atomic mass is 10.2. The second kappa shape index (κ2) is 5.52. The van der Waals surface area contributed by atoms with E-state index in [1.165, 1.54) is 8.61 Å². The van der Waals surface area contributed by atoms with E-state index in [4.69, 9.17) is 15.9 Å². The van der Waals surface area contributed by atoms with Gasteiger partial charge in [-0.2, -0.15) is 17.0 Å². The summed E-state index contributed by atoms with van der Waals surface area (Å²) in [5.74, 6) is -0.117. The van der Waals surface area contributed by atoms with Crippen LogP contribution in [-0.4, -0.2) is 61.8 Å². The predicted octanol–water partition coefficient (Wildman–Crippen LogP) is -0.646. The molecule has 0 amide bonds. The molecular formula is C10H20N4O3S. The third-order valence-electron chi connectivity index (χ3n) is 3.34. The van der Waals surface area contributed by atoms with Crippen molar-refractivity contribution in [2.75, 3.05) is 32.8 Å². The molecule has 18 heavy (non-hydrogen) atoms. The van der Waals surface area contributed by atoms with Crippen molar-refractivity contribution in [2.45, 2.75) is 25.4 Å². The van der Waals surface area contributed by atoms with Crippen molar-refractivity contribution in [1.29, 1.82) is 5.41 Å². The van der Waals surface area contributed by atoms with E-state index in [1.54, 1.807) is 0 Å². The molecule has 0 spiro atoms. The van der Waals surface area contributed by atoms with Gasteiger partial charge in [0.05, 0.1) is 6.61 Å². The lowest BCUT2D eigenvalue weighted by molar-refractivity contribution is 0.0343. The number of rotatable bonds is 3. The Kier molecular flexibility index (Phi) is 4.21. The highest BCUT2D eigenvalue weighted by Crippen LogP contribution is 2.18. The normalized spacial score (nSPS) is 28.1. The zero-order valence-corrected chi connectivity index (χ0v) is 11.2. The molecule has 0 bridgehead atoms. The minimum absolute atomic E-state index is 0.117. The molecular weight excluding hydrogens is 256 g/mol. The molecule has 1 atom stereocenters. The minimum atomic E-state index is -3.42. The molecule has 0 aromatic heterocycles. The van der Waals surface area contributed by atoms with E-state index in [-0.39, 0.29) is 19.0 Å². The molecule has 0 radical (unpaired) electrons. The molecule has 0 aliphatic carbocycles. The molecule has 1 unspecified atom stereocenters. The Bertz CT molecular complexity index is 405. The molecule has 3 N–H and O–H groups in total. The van der Waals surface area contributed by atoms with Gasteiger partial charge >= 0.3 is 0 Å². The Morgan fingerprint density at radius 2 is 1.83 bits per heavy atom. The van der Waals surface area contributed by atoms with Gasteiger partial charge in [-0.25, -0.2) is 0 Å². The monoisotopic (exact) mass is 276 g/mol. The van der Waals surface area contributed by atoms with E-state index in [1.807, 2.05) is 0 Å². The second-order valence-electron chi connectivity index (χ2n) is 4.64. The van der Waals surface area contributed by atoms with Crippen LogP contribution < -0.4 is 5.73 Å². The van der Waals surface area contributed by atoms with Gasteiger partial charge < -0.3 is 10.5 Å². The zero-order chi connectivity index (χ0) is 13.2. The van der Waals surface area contributed by atoms with E-state index >= 15 is 0 Å². The molecule has 0 aromatic carbocycles. The molecule has 2 aliphatic heterocycles. The molecule has 104 valence electrons. The van der Waals surface area contributed by atoms with Gasteiger partial charge in [0.25, 0.3) is 10.2 Å². The summed E-state index contributed by atoms with van der Waals surface area (Å²) < 4.78 is 33.0. The summed E-state index contributed by atoms with van der Waals surface area (Å²) in [4.78, 5) is 0. The first-order chi connectivity index (χ1) is 8.51. The number of nitrogens with two attached hydrogens (primary N) is 1. The molecule has 2 fully saturated rings. The van der Waals surface area contributed by atoms with E-state index in [0.717, 1.165) is 19.3 Å². The average molecular weight is 276 g/mol. The Morgan fingerprint density at radius 1 is 1.17 bits per heavy atom. The van der Waals surface area contributed by atoms with Crippen LogP contribution >= 0.6 is 0 Å². The zero-order valence-electron chi connectivity index (χ0n) is 10.3. The maximum absolute atomic E-state index is 12.4. The predicted molar refractivity (Wildman–Crippen MR) is 67.6 cm³/mol. The van der Waals surface area contributed by atoms with Crippen LogP contribution in [0.3, 0.4) is 0 Å². The lowest BCUT2D eigenvalue weighted by Crippen LogP contribution is -2.54. The Balaban J connectivity index is 2.06. The van der Waals surface area contributed by atoms with Gasteiger partial charge in [-0.05, 0) is 12.8 Å². The second-order valence-corrected chi connectivity index (χ2v) is 6.57. The van der Waals surface area contributed by atoms with Crippen LogP contribution in [0.4, 0.5) is 0 Å². The number of hydrogen-bond acceptors (Lipinski definition) is 4. The molecule has 2 aliphatic rings. The van der Waals surface area contributed by atoms with E-state index in [2.05, 4.69) is 0 Å². The van der Waals surface area contributed by atoms with E-state index in [0.29, 0.717) is 19.6 Å². The highest BCUT2D eigenvalue weighted by Gasteiger charge is 2.35. The molecule has 2 saturated heterocycles. The van der Waals surface area contributed by atoms with Crippen LogP contribution in [0.1, 0.15) is 19.3 Å². The van der Waals surface area contributed by atoms with Crippen molar-refractivity contribution in [3.63, 3.8) is 0 Å². The number of nitrogens with one attached hydrogen (secondary N) is 1. The minimum Gasteiger partial charge on any atom is -0.385 e. The van der Waals surface area contributed by atoms with Gasteiger partial charge in [0.15, 0.2) is 0 Å². The smallest absolute Gasteiger partial charge is 0.282 e. The van der Waals surface area contributed by atoms with Crippen LogP contribution in [0.5, 0.6) is 0 Å². The highest BCUT2D eigenvalue weighted by atomic mass is 32.2. The molecule has 0 saturated carbocycles. The fraction of sp³-hybridized carbons (Fsp3) is 0.900. The van der Waals surface area contributed by atoms with Crippen molar-refractivity contribution < 1.29 is 13.2 Å². The largest absolute Gasteiger partial charge is 0.385 e. The summed E-state index contributed by atoms with van der Waals surface area (Å²) in [5.41, 5.74) is 5.37. The average Bonchev–Trinajstić information content (AvgIpc) is 2.40. The van der Waals surface area contributed by atoms with Crippen molar-refractivity contribution in [3.05, 3.63) is 0 Å². The molecule has 8 heteroatoms. The van der Waals surface area contributed by atoms with Gasteiger partial charge in [0.1, 0.15) is 11.9 Å². The van der Waals surface area contributed by atoms with Crippen LogP contribution in [0, 0.1) is 5.41 Å². The first-order valence-corrected chi connectivity index (χ1v) is 7.62. The SMILES string of the molecule is N=C(N)C1CN(S(=O)(=O)N2CCCCC2)CCO1. The first kappa shape index (κ1) is 13.7. The van der Waals surface area contributed by atoms with Crippen LogP contribution in [0.25, 0.3) is 0 Å². The van der Waals surface area contributed by atoms with Crippen molar-refractivity contribution >= 4 is 16.0 Å². The van der Waals surface area contributed by atoms with Crippen LogP contribution in [0.2, 0.25) is 0 Å². The first-order valence-electron chi connectivity index (χ1n) is 6.22. The van der Waals surface area contributed by atoms with Crippen LogP contribution in [0.15, 0.2) is 0 Å². The quantitative estimate of drug-likeness (QED) is 0.528. The van der Waals surface area contributed by atoms with Gasteiger partial charge in [0, 0.05) is 26.2 Å². The van der Waals surface area contributed by atoms with Crippen molar-refractivity contribution in [1.82, 2.24) is 8.61 Å². The van der Waals surface area contributed by atoms with Crippen LogP contribution in [-0.2, 0) is 14.9 Å². The maximum atomic E-state index is 12.4. The summed E-state index contributed by atoms with van der Waals surface area (Å²) in [5, 5.41) is 7.35. The number of piperidine rings is 1. The van der Waals surface area contributed by atoms with Gasteiger partial charge in [0.2, 0.25) is 0 Å². The number of morpholine rings is 1. The molecule has 2 heterocycles. The Morgan fingerprint density at radius 3 is 2.44 bits per heavy atom. The van der Waals surface area contributed by atoms with Crippen molar-refractivity contribution in [3.8, 4) is 0 Å². The van der Waals surface area contributed by atoms with E-state index in [9.17, 15) is 8.42 Å². The summed E-state index contributed by atoms with van der Waals surface area (Å²) >= 11 is 0. The topological polar surface area (TPSA) is 99.7 Å². The summed E-state index contributed by atoms with van der Waals surface area (Å²) in [6.45, 7) is 1.95. The number of ether oxygens (including phenoxy) is 1. The standard InChI is InChI=1S/C10H20N4O3S/c11-10(12)9-8-14(6-7-17-9)18(15,16)13-4-2-1-3-5-13/h9H,1-8H2,(H3,11,12). The maximum Gasteiger partial charge on any atom is 0.282 e. The van der Waals surface area contributed by atoms with E-state index < -0.39 is 16.3 Å². The van der Waals surface area contributed by atoms with Gasteiger partial charge in [-0.15, -0.1) is 0 Å². The summed E-state index contributed by atoms with van der Waals surface area (Å²) in [7, 11) is -3.42. The third-order valence-corrected chi connectivity index (χ3v) is 5.35. The molecule has 7 nitrogen and oxygen atoms in total. The number of nitrogens with zero attached hydrogens (tertiary/aromatic N) is 2. The summed E-state index contributed by atoms with van der Waals surface area (Å²) in [6, 6.07) is 0. The molecule has 2 rings (SSSR count). The third kappa shape index (κ3) is 2.82. The number of hydrogen-bond donors (Lipinski definition) is 2. The number of amidine groups is 1. The lowest BCUT2D eigenvalue weighted by Gasteiger charge is -2.36. The van der Waals surface area contributed by atoms with Crippen molar-refractivity contribution in [2.24, 2.45) is 5.73 Å². The Hall–Kier alpha value is -0.700. The molecule has 0 aromatic rings. The fourth-order valence-electron chi connectivity index (χ4n) is 2.28. The highest BCUT2D eigenvalue weighted by molar-refractivity contribution is 7.86. The summed E-state index contributed by atoms with van der Waals surface area (Å²) in [6.07, 6.45) is 2.31.